The molecule has 0 aliphatic heterocycles. The van der Waals surface area contributed by atoms with E-state index in [0.717, 1.165) is 11.1 Å². The van der Waals surface area contributed by atoms with Crippen molar-refractivity contribution in [2.75, 3.05) is 0 Å². The molecule has 120 valence electrons. The summed E-state index contributed by atoms with van der Waals surface area (Å²) in [5, 5.41) is 3.13. The van der Waals surface area contributed by atoms with Gasteiger partial charge in [-0.25, -0.2) is 0 Å². The number of hydrogen-bond donors (Lipinski definition) is 1. The van der Waals surface area contributed by atoms with E-state index in [4.69, 9.17) is 0 Å². The third-order valence-electron chi connectivity index (χ3n) is 4.99. The van der Waals surface area contributed by atoms with Crippen LogP contribution in [0.4, 0.5) is 0 Å². The van der Waals surface area contributed by atoms with Gasteiger partial charge in [-0.05, 0) is 86.4 Å². The highest BCUT2D eigenvalue weighted by Gasteiger charge is 2.15. The van der Waals surface area contributed by atoms with Crippen LogP contribution < -0.4 is 5.32 Å². The van der Waals surface area contributed by atoms with Crippen molar-refractivity contribution in [1.82, 2.24) is 5.32 Å². The Morgan fingerprint density at radius 3 is 2.43 bits per heavy atom. The maximum absolute atomic E-state index is 12.5. The Kier molecular flexibility index (Phi) is 4.51. The average molecular weight is 307 g/mol. The minimum absolute atomic E-state index is 0.00155. The van der Waals surface area contributed by atoms with Gasteiger partial charge in [0, 0.05) is 5.56 Å². The molecule has 1 aliphatic carbocycles. The summed E-state index contributed by atoms with van der Waals surface area (Å²) in [5.74, 6) is -0.00155. The highest BCUT2D eigenvalue weighted by molar-refractivity contribution is 5.94. The molecule has 0 radical (unpaired) electrons. The van der Waals surface area contributed by atoms with Gasteiger partial charge in [-0.3, -0.25) is 4.79 Å². The molecule has 1 N–H and O–H groups in total. The Balaban J connectivity index is 1.74. The van der Waals surface area contributed by atoms with Gasteiger partial charge in [0.25, 0.3) is 5.91 Å². The number of nitrogens with one attached hydrogen (secondary N) is 1. The van der Waals surface area contributed by atoms with Crippen molar-refractivity contribution in [3.8, 4) is 0 Å². The first-order chi connectivity index (χ1) is 11.0. The van der Waals surface area contributed by atoms with Gasteiger partial charge in [0.05, 0.1) is 6.04 Å². The zero-order valence-corrected chi connectivity index (χ0v) is 14.3. The van der Waals surface area contributed by atoms with E-state index in [1.807, 2.05) is 25.1 Å². The van der Waals surface area contributed by atoms with Crippen molar-refractivity contribution in [2.45, 2.75) is 52.5 Å². The van der Waals surface area contributed by atoms with Crippen molar-refractivity contribution < 1.29 is 4.79 Å². The number of amides is 1. The number of benzene rings is 2. The van der Waals surface area contributed by atoms with Gasteiger partial charge in [0.1, 0.15) is 0 Å². The number of rotatable bonds is 3. The van der Waals surface area contributed by atoms with Crippen molar-refractivity contribution in [3.05, 3.63) is 69.8 Å². The van der Waals surface area contributed by atoms with E-state index in [2.05, 4.69) is 37.4 Å². The van der Waals surface area contributed by atoms with Crippen LogP contribution in [0, 0.1) is 13.8 Å². The molecule has 2 aromatic carbocycles. The lowest BCUT2D eigenvalue weighted by Crippen LogP contribution is -2.27. The van der Waals surface area contributed by atoms with E-state index < -0.39 is 0 Å². The average Bonchev–Trinajstić information content (AvgIpc) is 2.56. The first kappa shape index (κ1) is 15.8. The first-order valence-corrected chi connectivity index (χ1v) is 8.54. The van der Waals surface area contributed by atoms with E-state index in [1.54, 1.807) is 0 Å². The molecule has 0 heterocycles. The fourth-order valence-corrected chi connectivity index (χ4v) is 3.27. The van der Waals surface area contributed by atoms with Crippen molar-refractivity contribution in [3.63, 3.8) is 0 Å². The molecule has 0 saturated carbocycles. The lowest BCUT2D eigenvalue weighted by Gasteiger charge is -2.20. The molecule has 0 unspecified atom stereocenters. The van der Waals surface area contributed by atoms with Gasteiger partial charge in [-0.1, -0.05) is 24.3 Å². The molecule has 1 aliphatic rings. The summed E-state index contributed by atoms with van der Waals surface area (Å²) in [4.78, 5) is 12.5. The predicted octanol–water partition coefficient (Wildman–Crippen LogP) is 4.67. The number of hydrogen-bond acceptors (Lipinski definition) is 1. The lowest BCUT2D eigenvalue weighted by molar-refractivity contribution is 0.0940. The van der Waals surface area contributed by atoms with Crippen LogP contribution >= 0.6 is 0 Å². The Labute approximate surface area is 138 Å². The summed E-state index contributed by atoms with van der Waals surface area (Å²) in [6.07, 6.45) is 4.94. The molecule has 0 bridgehead atoms. The van der Waals surface area contributed by atoms with Gasteiger partial charge in [0.15, 0.2) is 0 Å². The minimum atomic E-state index is -0.00155. The topological polar surface area (TPSA) is 29.1 Å². The van der Waals surface area contributed by atoms with Crippen LogP contribution in [0.25, 0.3) is 0 Å². The normalized spacial score (nSPS) is 14.9. The van der Waals surface area contributed by atoms with Gasteiger partial charge < -0.3 is 5.32 Å². The van der Waals surface area contributed by atoms with Crippen LogP contribution in [0.1, 0.15) is 64.0 Å². The van der Waals surface area contributed by atoms with Crippen LogP contribution in [0.3, 0.4) is 0 Å². The maximum Gasteiger partial charge on any atom is 0.251 e. The second kappa shape index (κ2) is 6.57. The number of carbonyl (C=O) groups is 1. The monoisotopic (exact) mass is 307 g/mol. The maximum atomic E-state index is 12.5. The Bertz CT molecular complexity index is 733. The molecule has 23 heavy (non-hydrogen) atoms. The van der Waals surface area contributed by atoms with Crippen molar-refractivity contribution >= 4 is 5.91 Å². The van der Waals surface area contributed by atoms with Crippen LogP contribution in [-0.2, 0) is 12.8 Å². The zero-order valence-electron chi connectivity index (χ0n) is 14.3. The highest BCUT2D eigenvalue weighted by Crippen LogP contribution is 2.25. The van der Waals surface area contributed by atoms with Gasteiger partial charge in [-0.15, -0.1) is 0 Å². The van der Waals surface area contributed by atoms with Crippen LogP contribution in [0.2, 0.25) is 0 Å². The summed E-state index contributed by atoms with van der Waals surface area (Å²) in [7, 11) is 0. The van der Waals surface area contributed by atoms with Gasteiger partial charge in [-0.2, -0.15) is 0 Å². The number of carbonyl (C=O) groups excluding carboxylic acids is 1. The Hall–Kier alpha value is -2.09. The van der Waals surface area contributed by atoms with Crippen molar-refractivity contribution in [1.29, 1.82) is 0 Å². The quantitative estimate of drug-likeness (QED) is 0.877. The fourth-order valence-electron chi connectivity index (χ4n) is 3.27. The lowest BCUT2D eigenvalue weighted by atomic mass is 9.89. The zero-order chi connectivity index (χ0) is 16.4. The van der Waals surface area contributed by atoms with Gasteiger partial charge >= 0.3 is 0 Å². The van der Waals surface area contributed by atoms with Crippen LogP contribution in [-0.4, -0.2) is 5.91 Å². The second-order valence-corrected chi connectivity index (χ2v) is 6.73. The Morgan fingerprint density at radius 1 is 0.957 bits per heavy atom. The molecule has 1 atom stereocenters. The van der Waals surface area contributed by atoms with Crippen LogP contribution in [0.15, 0.2) is 36.4 Å². The van der Waals surface area contributed by atoms with E-state index in [1.165, 1.54) is 47.9 Å². The third-order valence-corrected chi connectivity index (χ3v) is 4.99. The van der Waals surface area contributed by atoms with Crippen molar-refractivity contribution in [2.24, 2.45) is 0 Å². The summed E-state index contributed by atoms with van der Waals surface area (Å²) in [6.45, 7) is 6.16. The summed E-state index contributed by atoms with van der Waals surface area (Å²) in [6, 6.07) is 12.6. The molecule has 0 saturated heterocycles. The molecule has 0 spiro atoms. The smallest absolute Gasteiger partial charge is 0.251 e. The summed E-state index contributed by atoms with van der Waals surface area (Å²) in [5.41, 5.74) is 7.23. The first-order valence-electron chi connectivity index (χ1n) is 8.54. The number of fused-ring (bicyclic) bond motifs is 1. The molecule has 3 rings (SSSR count). The standard InChI is InChI=1S/C21H25NO/c1-14-8-9-20(12-15(14)2)21(23)22-16(3)18-11-10-17-6-4-5-7-19(17)13-18/h8-13,16H,4-7H2,1-3H3,(H,22,23)/t16-/m1/s1. The third kappa shape index (κ3) is 3.47. The summed E-state index contributed by atoms with van der Waals surface area (Å²) < 4.78 is 0. The molecule has 1 amide bonds. The Morgan fingerprint density at radius 2 is 1.70 bits per heavy atom. The summed E-state index contributed by atoms with van der Waals surface area (Å²) >= 11 is 0. The molecule has 2 heteroatoms. The molecule has 2 nitrogen and oxygen atoms in total. The second-order valence-electron chi connectivity index (χ2n) is 6.73. The molecule has 0 fully saturated rings. The van der Waals surface area contributed by atoms with E-state index >= 15 is 0 Å². The fraction of sp³-hybridized carbons (Fsp3) is 0.381. The van der Waals surface area contributed by atoms with Crippen LogP contribution in [0.5, 0.6) is 0 Å². The molecule has 2 aromatic rings. The predicted molar refractivity (Wildman–Crippen MR) is 94.9 cm³/mol. The molecular formula is C21H25NO. The SMILES string of the molecule is Cc1ccc(C(=O)N[C@H](C)c2ccc3c(c2)CCCC3)cc1C. The largest absolute Gasteiger partial charge is 0.346 e. The van der Waals surface area contributed by atoms with E-state index in [0.29, 0.717) is 0 Å². The van der Waals surface area contributed by atoms with E-state index in [9.17, 15) is 4.79 Å². The molecular weight excluding hydrogens is 282 g/mol. The molecule has 0 aromatic heterocycles. The van der Waals surface area contributed by atoms with E-state index in [-0.39, 0.29) is 11.9 Å². The van der Waals surface area contributed by atoms with Gasteiger partial charge in [0.2, 0.25) is 0 Å². The minimum Gasteiger partial charge on any atom is -0.346 e. The number of aryl methyl sites for hydroxylation is 4. The highest BCUT2D eigenvalue weighted by atomic mass is 16.1.